The molecule has 30 heavy (non-hydrogen) atoms. The lowest BCUT2D eigenvalue weighted by molar-refractivity contribution is -0.192. The van der Waals surface area contributed by atoms with Crippen LogP contribution in [0.2, 0.25) is 0 Å². The molecule has 3 aliphatic heterocycles. The monoisotopic (exact) mass is 459 g/mol. The quantitative estimate of drug-likeness (QED) is 0.622. The number of fused-ring (bicyclic) bond motifs is 1. The number of halogens is 3. The van der Waals surface area contributed by atoms with Crippen LogP contribution in [0.3, 0.4) is 0 Å². The first kappa shape index (κ1) is 24.8. The second-order valence-electron chi connectivity index (χ2n) is 7.96. The van der Waals surface area contributed by atoms with Crippen LogP contribution in [0, 0.1) is 5.92 Å². The number of sulfonamides is 1. The Morgan fingerprint density at radius 2 is 1.70 bits per heavy atom. The van der Waals surface area contributed by atoms with Crippen LogP contribution < -0.4 is 5.32 Å². The molecule has 3 rings (SSSR count). The maximum Gasteiger partial charge on any atom is 0.490 e. The van der Waals surface area contributed by atoms with Gasteiger partial charge in [-0.1, -0.05) is 0 Å². The third-order valence-electron chi connectivity index (χ3n) is 5.58. The number of carbonyl (C=O) groups is 2. The second kappa shape index (κ2) is 9.79. The highest BCUT2D eigenvalue weighted by Gasteiger charge is 2.43. The number of aliphatic carboxylic acids is 1. The van der Waals surface area contributed by atoms with Gasteiger partial charge < -0.3 is 20.1 Å². The molecule has 174 valence electrons. The molecule has 0 aliphatic carbocycles. The Morgan fingerprint density at radius 1 is 1.13 bits per heavy atom. The second-order valence-corrected chi connectivity index (χ2v) is 9.94. The fraction of sp³-hybridized carbons (Fsp3) is 0.882. The number of nitrogens with one attached hydrogen (secondary N) is 1. The van der Waals surface area contributed by atoms with Crippen molar-refractivity contribution in [1.82, 2.24) is 14.5 Å². The largest absolute Gasteiger partial charge is 0.490 e. The van der Waals surface area contributed by atoms with Crippen molar-refractivity contribution in [2.75, 3.05) is 39.5 Å². The van der Waals surface area contributed by atoms with E-state index < -0.39 is 28.3 Å². The highest BCUT2D eigenvalue weighted by molar-refractivity contribution is 7.88. The lowest BCUT2D eigenvalue weighted by Gasteiger charge is -2.32. The molecule has 0 aromatic heterocycles. The summed E-state index contributed by atoms with van der Waals surface area (Å²) < 4.78 is 62.4. The predicted molar refractivity (Wildman–Crippen MR) is 100 cm³/mol. The van der Waals surface area contributed by atoms with Crippen LogP contribution in [0.5, 0.6) is 0 Å². The van der Waals surface area contributed by atoms with Crippen molar-refractivity contribution in [3.8, 4) is 0 Å². The summed E-state index contributed by atoms with van der Waals surface area (Å²) in [5.74, 6) is -2.49. The number of nitrogens with zero attached hydrogens (tertiary/aromatic N) is 2. The molecule has 0 radical (unpaired) electrons. The topological polar surface area (TPSA) is 116 Å². The highest BCUT2D eigenvalue weighted by Crippen LogP contribution is 2.34. The van der Waals surface area contributed by atoms with E-state index in [1.165, 1.54) is 10.6 Å². The van der Waals surface area contributed by atoms with Gasteiger partial charge in [-0.25, -0.2) is 13.2 Å². The van der Waals surface area contributed by atoms with Gasteiger partial charge in [-0.15, -0.1) is 0 Å². The van der Waals surface area contributed by atoms with Gasteiger partial charge in [-0.05, 0) is 51.7 Å². The summed E-state index contributed by atoms with van der Waals surface area (Å²) in [5.41, 5.74) is 0. The molecule has 3 atom stereocenters. The van der Waals surface area contributed by atoms with Gasteiger partial charge in [0, 0.05) is 19.1 Å². The normalized spacial score (nSPS) is 28.9. The number of piperidine rings is 2. The van der Waals surface area contributed by atoms with E-state index in [1.54, 1.807) is 0 Å². The fourth-order valence-corrected chi connectivity index (χ4v) is 4.67. The minimum absolute atomic E-state index is 0.0279. The number of hydrogen-bond donors (Lipinski definition) is 2. The average molecular weight is 459 g/mol. The van der Waals surface area contributed by atoms with Crippen molar-refractivity contribution in [3.63, 3.8) is 0 Å². The SMILES string of the molecule is CN1CCC(NC(=O)[C@@H]2C[C@@H]3CCN(S(C)(=O)=O)C[C@H]3O2)CC1.O=C(O)C(F)(F)F. The average Bonchev–Trinajstić information content (AvgIpc) is 3.06. The van der Waals surface area contributed by atoms with E-state index in [2.05, 4.69) is 17.3 Å². The lowest BCUT2D eigenvalue weighted by atomic mass is 9.92. The van der Waals surface area contributed by atoms with Crippen LogP contribution in [0.15, 0.2) is 0 Å². The fourth-order valence-electron chi connectivity index (χ4n) is 3.82. The maximum absolute atomic E-state index is 12.4. The van der Waals surface area contributed by atoms with Gasteiger partial charge in [-0.3, -0.25) is 4.79 Å². The van der Waals surface area contributed by atoms with E-state index in [4.69, 9.17) is 14.6 Å². The third kappa shape index (κ3) is 7.06. The first-order valence-electron chi connectivity index (χ1n) is 9.67. The highest BCUT2D eigenvalue weighted by atomic mass is 32.2. The van der Waals surface area contributed by atoms with Gasteiger partial charge in [0.05, 0.1) is 12.4 Å². The molecule has 0 unspecified atom stereocenters. The van der Waals surface area contributed by atoms with E-state index in [1.807, 2.05) is 0 Å². The molecule has 0 aromatic rings. The van der Waals surface area contributed by atoms with E-state index in [0.717, 1.165) is 32.4 Å². The van der Waals surface area contributed by atoms with Crippen molar-refractivity contribution >= 4 is 21.9 Å². The molecule has 3 heterocycles. The summed E-state index contributed by atoms with van der Waals surface area (Å²) in [4.78, 5) is 23.6. The van der Waals surface area contributed by atoms with Gasteiger partial charge in [0.2, 0.25) is 15.9 Å². The maximum atomic E-state index is 12.4. The number of alkyl halides is 3. The predicted octanol–water partition coefficient (Wildman–Crippen LogP) is 0.269. The van der Waals surface area contributed by atoms with E-state index in [0.29, 0.717) is 25.4 Å². The summed E-state index contributed by atoms with van der Waals surface area (Å²) in [5, 5.41) is 10.2. The molecule has 13 heteroatoms. The molecule has 0 bridgehead atoms. The molecule has 3 saturated heterocycles. The van der Waals surface area contributed by atoms with E-state index in [-0.39, 0.29) is 18.1 Å². The standard InChI is InChI=1S/C15H27N3O4S.C2HF3O2/c1-17-6-4-12(5-7-17)16-15(19)13-9-11-3-8-18(23(2,20)21)10-14(11)22-13;3-2(4,5)1(6)7/h11-14H,3-10H2,1-2H3,(H,16,19);(H,6,7)/t11-,13-,14+;/m0./s1. The molecular weight excluding hydrogens is 431 g/mol. The number of carbonyl (C=O) groups excluding carboxylic acids is 1. The number of hydrogen-bond acceptors (Lipinski definition) is 6. The van der Waals surface area contributed by atoms with E-state index >= 15 is 0 Å². The molecule has 3 aliphatic rings. The summed E-state index contributed by atoms with van der Waals surface area (Å²) in [6.45, 7) is 2.92. The summed E-state index contributed by atoms with van der Waals surface area (Å²) in [7, 11) is -1.09. The Balaban J connectivity index is 0.000000396. The lowest BCUT2D eigenvalue weighted by Crippen LogP contribution is -2.47. The number of likely N-dealkylation sites (tertiary alicyclic amines) is 1. The Labute approximate surface area is 173 Å². The molecule has 0 spiro atoms. The first-order valence-corrected chi connectivity index (χ1v) is 11.5. The molecular formula is C17H28F3N3O6S. The van der Waals surface area contributed by atoms with Crippen molar-refractivity contribution in [3.05, 3.63) is 0 Å². The summed E-state index contributed by atoms with van der Waals surface area (Å²) >= 11 is 0. The number of carboxylic acid groups (broad SMARTS) is 1. The smallest absolute Gasteiger partial charge is 0.475 e. The minimum Gasteiger partial charge on any atom is -0.475 e. The van der Waals surface area contributed by atoms with Crippen LogP contribution in [0.1, 0.15) is 25.7 Å². The van der Waals surface area contributed by atoms with Crippen molar-refractivity contribution < 1.29 is 41.0 Å². The molecule has 0 aromatic carbocycles. The van der Waals surface area contributed by atoms with Gasteiger partial charge >= 0.3 is 12.1 Å². The zero-order valence-corrected chi connectivity index (χ0v) is 17.7. The van der Waals surface area contributed by atoms with Gasteiger partial charge in [0.1, 0.15) is 6.10 Å². The van der Waals surface area contributed by atoms with Crippen molar-refractivity contribution in [2.24, 2.45) is 5.92 Å². The summed E-state index contributed by atoms with van der Waals surface area (Å²) in [6.07, 6.45) is -0.994. The first-order chi connectivity index (χ1) is 13.8. The van der Waals surface area contributed by atoms with Crippen LogP contribution in [-0.4, -0.2) is 98.5 Å². The van der Waals surface area contributed by atoms with Crippen LogP contribution in [-0.2, 0) is 24.3 Å². The number of ether oxygens (including phenoxy) is 1. The Morgan fingerprint density at radius 3 is 2.20 bits per heavy atom. The molecule has 0 saturated carbocycles. The van der Waals surface area contributed by atoms with Crippen molar-refractivity contribution in [2.45, 2.75) is 50.1 Å². The summed E-state index contributed by atoms with van der Waals surface area (Å²) in [6, 6.07) is 0.234. The van der Waals surface area contributed by atoms with Gasteiger partial charge in [-0.2, -0.15) is 17.5 Å². The van der Waals surface area contributed by atoms with Crippen LogP contribution in [0.4, 0.5) is 13.2 Å². The minimum atomic E-state index is -5.08. The molecule has 2 N–H and O–H groups in total. The zero-order valence-electron chi connectivity index (χ0n) is 16.9. The Hall–Kier alpha value is -1.44. The molecule has 3 fully saturated rings. The molecule has 1 amide bonds. The van der Waals surface area contributed by atoms with Crippen LogP contribution >= 0.6 is 0 Å². The van der Waals surface area contributed by atoms with Crippen molar-refractivity contribution in [1.29, 1.82) is 0 Å². The Kier molecular flexibility index (Phi) is 8.10. The third-order valence-corrected chi connectivity index (χ3v) is 6.85. The molecule has 9 nitrogen and oxygen atoms in total. The zero-order chi connectivity index (χ0) is 22.7. The number of amides is 1. The van der Waals surface area contributed by atoms with Crippen LogP contribution in [0.25, 0.3) is 0 Å². The van der Waals surface area contributed by atoms with E-state index in [9.17, 15) is 26.4 Å². The number of rotatable bonds is 3. The van der Waals surface area contributed by atoms with Gasteiger partial charge in [0.15, 0.2) is 0 Å². The van der Waals surface area contributed by atoms with Gasteiger partial charge in [0.25, 0.3) is 0 Å². The number of carboxylic acids is 1. The Bertz CT molecular complexity index is 725.